The molecule has 0 saturated heterocycles. The second-order valence-corrected chi connectivity index (χ2v) is 4.22. The maximum atomic E-state index is 12.0. The van der Waals surface area contributed by atoms with Gasteiger partial charge in [0.05, 0.1) is 10.6 Å². The molecule has 1 aromatic rings. The SMILES string of the molecule is CC(CCCN)C(=O)c1cc(Cl)cnc1N. The molecule has 0 aromatic carbocycles. The van der Waals surface area contributed by atoms with E-state index in [-0.39, 0.29) is 17.5 Å². The first kappa shape index (κ1) is 12.9. The van der Waals surface area contributed by atoms with Crippen LogP contribution >= 0.6 is 11.6 Å². The van der Waals surface area contributed by atoms with Crippen molar-refractivity contribution in [2.75, 3.05) is 12.3 Å². The van der Waals surface area contributed by atoms with Crippen LogP contribution in [0, 0.1) is 5.92 Å². The summed E-state index contributed by atoms with van der Waals surface area (Å²) in [7, 11) is 0. The number of ketones is 1. The van der Waals surface area contributed by atoms with E-state index in [4.69, 9.17) is 23.1 Å². The van der Waals surface area contributed by atoms with Gasteiger partial charge in [0.1, 0.15) is 5.82 Å². The fraction of sp³-hybridized carbons (Fsp3) is 0.455. The maximum absolute atomic E-state index is 12.0. The Morgan fingerprint density at radius 2 is 2.31 bits per heavy atom. The van der Waals surface area contributed by atoms with Gasteiger partial charge in [-0.1, -0.05) is 18.5 Å². The summed E-state index contributed by atoms with van der Waals surface area (Å²) < 4.78 is 0. The van der Waals surface area contributed by atoms with Crippen LogP contribution < -0.4 is 11.5 Å². The lowest BCUT2D eigenvalue weighted by Crippen LogP contribution is -2.15. The minimum atomic E-state index is -0.105. The van der Waals surface area contributed by atoms with Crippen molar-refractivity contribution in [2.45, 2.75) is 19.8 Å². The van der Waals surface area contributed by atoms with E-state index < -0.39 is 0 Å². The molecule has 1 atom stereocenters. The smallest absolute Gasteiger partial charge is 0.169 e. The molecular weight excluding hydrogens is 226 g/mol. The predicted octanol–water partition coefficient (Wildman–Crippen LogP) is 1.87. The van der Waals surface area contributed by atoms with Gasteiger partial charge in [0.25, 0.3) is 0 Å². The number of anilines is 1. The third-order valence-electron chi connectivity index (χ3n) is 2.44. The third-order valence-corrected chi connectivity index (χ3v) is 2.65. The van der Waals surface area contributed by atoms with E-state index in [9.17, 15) is 4.79 Å². The average Bonchev–Trinajstić information content (AvgIpc) is 2.28. The van der Waals surface area contributed by atoms with Crippen molar-refractivity contribution in [2.24, 2.45) is 11.7 Å². The molecule has 0 aliphatic carbocycles. The predicted molar refractivity (Wildman–Crippen MR) is 65.4 cm³/mol. The van der Waals surface area contributed by atoms with Crippen LogP contribution in [-0.4, -0.2) is 17.3 Å². The van der Waals surface area contributed by atoms with Crippen molar-refractivity contribution >= 4 is 23.2 Å². The highest BCUT2D eigenvalue weighted by Crippen LogP contribution is 2.20. The number of hydrogen-bond acceptors (Lipinski definition) is 4. The molecule has 1 unspecified atom stereocenters. The summed E-state index contributed by atoms with van der Waals surface area (Å²) in [5.74, 6) is 0.0982. The van der Waals surface area contributed by atoms with Gasteiger partial charge in [-0.15, -0.1) is 0 Å². The van der Waals surface area contributed by atoms with E-state index in [0.29, 0.717) is 17.1 Å². The topological polar surface area (TPSA) is 82.0 Å². The minimum absolute atomic E-state index is 0.0269. The van der Waals surface area contributed by atoms with Gasteiger partial charge in [-0.05, 0) is 25.5 Å². The van der Waals surface area contributed by atoms with E-state index in [1.807, 2.05) is 6.92 Å². The Balaban J connectivity index is 2.83. The molecule has 0 radical (unpaired) electrons. The summed E-state index contributed by atoms with van der Waals surface area (Å²) in [6, 6.07) is 1.56. The van der Waals surface area contributed by atoms with Crippen LogP contribution in [0.1, 0.15) is 30.1 Å². The van der Waals surface area contributed by atoms with Crippen molar-refractivity contribution in [1.29, 1.82) is 0 Å². The lowest BCUT2D eigenvalue weighted by Gasteiger charge is -2.11. The number of pyridine rings is 1. The van der Waals surface area contributed by atoms with Crippen molar-refractivity contribution in [1.82, 2.24) is 4.98 Å². The molecule has 1 aromatic heterocycles. The Hall–Kier alpha value is -1.13. The molecule has 5 heteroatoms. The highest BCUT2D eigenvalue weighted by molar-refractivity contribution is 6.31. The average molecular weight is 242 g/mol. The highest BCUT2D eigenvalue weighted by atomic mass is 35.5. The third kappa shape index (κ3) is 3.18. The Morgan fingerprint density at radius 3 is 2.94 bits per heavy atom. The zero-order chi connectivity index (χ0) is 12.1. The largest absolute Gasteiger partial charge is 0.383 e. The Labute approximate surface area is 100.0 Å². The van der Waals surface area contributed by atoms with E-state index >= 15 is 0 Å². The van der Waals surface area contributed by atoms with Crippen LogP contribution in [0.4, 0.5) is 5.82 Å². The van der Waals surface area contributed by atoms with Gasteiger partial charge in [0, 0.05) is 12.1 Å². The van der Waals surface area contributed by atoms with Crippen molar-refractivity contribution < 1.29 is 4.79 Å². The molecule has 88 valence electrons. The van der Waals surface area contributed by atoms with E-state index in [0.717, 1.165) is 12.8 Å². The van der Waals surface area contributed by atoms with Crippen LogP contribution in [0.25, 0.3) is 0 Å². The van der Waals surface area contributed by atoms with E-state index in [2.05, 4.69) is 4.98 Å². The van der Waals surface area contributed by atoms with Crippen LogP contribution in [0.15, 0.2) is 12.3 Å². The monoisotopic (exact) mass is 241 g/mol. The normalized spacial score (nSPS) is 12.4. The number of Topliss-reactive ketones (excluding diaryl/α,β-unsaturated/α-hetero) is 1. The standard InChI is InChI=1S/C11H16ClN3O/c1-7(3-2-4-13)10(16)9-5-8(12)6-15-11(9)14/h5-7H,2-4,13H2,1H3,(H2,14,15). The molecule has 0 aliphatic rings. The molecular formula is C11H16ClN3O. The summed E-state index contributed by atoms with van der Waals surface area (Å²) >= 11 is 5.78. The summed E-state index contributed by atoms with van der Waals surface area (Å²) in [4.78, 5) is 15.9. The maximum Gasteiger partial charge on any atom is 0.169 e. The Kier molecular flexibility index (Phi) is 4.71. The fourth-order valence-electron chi connectivity index (χ4n) is 1.47. The molecule has 1 rings (SSSR count). The van der Waals surface area contributed by atoms with Gasteiger partial charge in [-0.3, -0.25) is 4.79 Å². The number of nitrogens with zero attached hydrogens (tertiary/aromatic N) is 1. The number of halogens is 1. The lowest BCUT2D eigenvalue weighted by atomic mass is 9.95. The van der Waals surface area contributed by atoms with Gasteiger partial charge < -0.3 is 11.5 Å². The molecule has 0 spiro atoms. The number of rotatable bonds is 5. The number of nitrogen functional groups attached to an aromatic ring is 1. The highest BCUT2D eigenvalue weighted by Gasteiger charge is 2.18. The van der Waals surface area contributed by atoms with Gasteiger partial charge in [-0.25, -0.2) is 4.98 Å². The van der Waals surface area contributed by atoms with Gasteiger partial charge in [-0.2, -0.15) is 0 Å². The summed E-state index contributed by atoms with van der Waals surface area (Å²) in [6.07, 6.45) is 3.00. The number of nitrogens with two attached hydrogens (primary N) is 2. The number of carbonyl (C=O) groups excluding carboxylic acids is 1. The first-order valence-electron chi connectivity index (χ1n) is 5.21. The first-order chi connectivity index (χ1) is 7.56. The fourth-order valence-corrected chi connectivity index (χ4v) is 1.63. The summed E-state index contributed by atoms with van der Waals surface area (Å²) in [6.45, 7) is 2.44. The zero-order valence-corrected chi connectivity index (χ0v) is 10.00. The summed E-state index contributed by atoms with van der Waals surface area (Å²) in [5.41, 5.74) is 11.4. The number of hydrogen-bond donors (Lipinski definition) is 2. The Bertz CT molecular complexity index is 381. The number of carbonyl (C=O) groups is 1. The zero-order valence-electron chi connectivity index (χ0n) is 9.24. The van der Waals surface area contributed by atoms with Gasteiger partial charge in [0.2, 0.25) is 0 Å². The van der Waals surface area contributed by atoms with Crippen molar-refractivity contribution in [3.05, 3.63) is 22.8 Å². The molecule has 1 heterocycles. The van der Waals surface area contributed by atoms with Crippen molar-refractivity contribution in [3.63, 3.8) is 0 Å². The first-order valence-corrected chi connectivity index (χ1v) is 5.59. The second kappa shape index (κ2) is 5.82. The molecule has 0 saturated carbocycles. The van der Waals surface area contributed by atoms with Crippen molar-refractivity contribution in [3.8, 4) is 0 Å². The van der Waals surface area contributed by atoms with E-state index in [1.165, 1.54) is 6.20 Å². The minimum Gasteiger partial charge on any atom is -0.383 e. The van der Waals surface area contributed by atoms with Crippen LogP contribution in [0.2, 0.25) is 5.02 Å². The molecule has 0 fully saturated rings. The molecule has 16 heavy (non-hydrogen) atoms. The quantitative estimate of drug-likeness (QED) is 0.771. The lowest BCUT2D eigenvalue weighted by molar-refractivity contribution is 0.0924. The van der Waals surface area contributed by atoms with Gasteiger partial charge >= 0.3 is 0 Å². The van der Waals surface area contributed by atoms with Crippen LogP contribution in [-0.2, 0) is 0 Å². The molecule has 0 aliphatic heterocycles. The summed E-state index contributed by atoms with van der Waals surface area (Å²) in [5, 5.41) is 0.420. The molecule has 0 amide bonds. The van der Waals surface area contributed by atoms with Gasteiger partial charge in [0.15, 0.2) is 5.78 Å². The molecule has 4 nitrogen and oxygen atoms in total. The number of aromatic nitrogens is 1. The molecule has 4 N–H and O–H groups in total. The van der Waals surface area contributed by atoms with Crippen LogP contribution in [0.5, 0.6) is 0 Å². The second-order valence-electron chi connectivity index (χ2n) is 3.78. The van der Waals surface area contributed by atoms with Crippen LogP contribution in [0.3, 0.4) is 0 Å². The Morgan fingerprint density at radius 1 is 1.62 bits per heavy atom. The van der Waals surface area contributed by atoms with E-state index in [1.54, 1.807) is 6.07 Å². The molecule has 0 bridgehead atoms.